The van der Waals surface area contributed by atoms with Crippen LogP contribution in [0.4, 0.5) is 0 Å². The van der Waals surface area contributed by atoms with Crippen molar-refractivity contribution in [3.63, 3.8) is 0 Å². The second kappa shape index (κ2) is 5.13. The van der Waals surface area contributed by atoms with Gasteiger partial charge in [-0.05, 0) is 23.0 Å². The lowest BCUT2D eigenvalue weighted by atomic mass is 10.3. The number of ether oxygens (including phenoxy) is 1. The number of nitrogens with zero attached hydrogens (tertiary/aromatic N) is 4. The number of aryl methyl sites for hydroxylation is 1. The first-order chi connectivity index (χ1) is 9.16. The maximum absolute atomic E-state index is 12.5. The van der Waals surface area contributed by atoms with E-state index in [9.17, 15) is 4.79 Å². The number of hydrogen-bond acceptors (Lipinski definition) is 4. The normalized spacial score (nSPS) is 20.0. The average Bonchev–Trinajstić information content (AvgIpc) is 2.77. The molecule has 0 radical (unpaired) electrons. The molecule has 1 saturated heterocycles. The number of likely N-dealkylation sites (N-methyl/N-ethyl adjacent to an activating group) is 1. The molecule has 0 aromatic carbocycles. The van der Waals surface area contributed by atoms with Crippen molar-refractivity contribution in [1.82, 2.24) is 19.6 Å². The summed E-state index contributed by atoms with van der Waals surface area (Å²) in [6.45, 7) is 4.83. The molecule has 3 heterocycles. The minimum Gasteiger partial charge on any atom is -0.477 e. The van der Waals surface area contributed by atoms with Crippen molar-refractivity contribution in [2.75, 3.05) is 39.8 Å². The molecule has 1 aromatic heterocycles. The summed E-state index contributed by atoms with van der Waals surface area (Å²) in [7, 11) is 2.07. The number of fused-ring (bicyclic) bond motifs is 1. The molecule has 0 spiro atoms. The number of rotatable bonds is 1. The molecule has 19 heavy (non-hydrogen) atoms. The molecule has 2 aliphatic rings. The van der Waals surface area contributed by atoms with Gasteiger partial charge in [-0.3, -0.25) is 4.79 Å². The van der Waals surface area contributed by atoms with Crippen LogP contribution in [0.25, 0.3) is 0 Å². The Balaban J connectivity index is 1.82. The number of halogens is 1. The third-order valence-corrected chi connectivity index (χ3v) is 4.31. The maximum atomic E-state index is 12.5. The Hall–Kier alpha value is -1.08. The summed E-state index contributed by atoms with van der Waals surface area (Å²) in [5.74, 6) is 0.675. The molecule has 3 rings (SSSR count). The highest BCUT2D eigenvalue weighted by molar-refractivity contribution is 9.10. The fraction of sp³-hybridized carbons (Fsp3) is 0.667. The standard InChI is InChI=1S/C12H17BrN4O2/c1-15-4-6-16(7-5-15)11(18)10-9(13)12-17(14-10)3-2-8-19-12/h2-8H2,1H3. The Labute approximate surface area is 120 Å². The first kappa shape index (κ1) is 12.9. The maximum Gasteiger partial charge on any atom is 0.275 e. The highest BCUT2D eigenvalue weighted by Gasteiger charge is 2.29. The van der Waals surface area contributed by atoms with Crippen LogP contribution in [0.2, 0.25) is 0 Å². The van der Waals surface area contributed by atoms with Crippen molar-refractivity contribution >= 4 is 21.8 Å². The van der Waals surface area contributed by atoms with Gasteiger partial charge in [-0.1, -0.05) is 0 Å². The largest absolute Gasteiger partial charge is 0.477 e. The zero-order valence-electron chi connectivity index (χ0n) is 10.9. The van der Waals surface area contributed by atoms with Crippen molar-refractivity contribution in [1.29, 1.82) is 0 Å². The molecule has 1 amide bonds. The minimum absolute atomic E-state index is 0.00882. The lowest BCUT2D eigenvalue weighted by Gasteiger charge is -2.31. The van der Waals surface area contributed by atoms with Gasteiger partial charge in [0.15, 0.2) is 5.69 Å². The molecular formula is C12H17BrN4O2. The first-order valence-electron chi connectivity index (χ1n) is 6.54. The van der Waals surface area contributed by atoms with Crippen LogP contribution < -0.4 is 4.74 Å². The summed E-state index contributed by atoms with van der Waals surface area (Å²) in [5, 5.41) is 4.38. The van der Waals surface area contributed by atoms with E-state index in [1.165, 1.54) is 0 Å². The number of aromatic nitrogens is 2. The fourth-order valence-corrected chi connectivity index (χ4v) is 2.96. The number of piperazine rings is 1. The lowest BCUT2D eigenvalue weighted by Crippen LogP contribution is -2.47. The molecule has 0 unspecified atom stereocenters. The minimum atomic E-state index is -0.00882. The lowest BCUT2D eigenvalue weighted by molar-refractivity contribution is 0.0656. The van der Waals surface area contributed by atoms with Gasteiger partial charge in [-0.25, -0.2) is 4.68 Å². The molecule has 0 saturated carbocycles. The molecule has 0 bridgehead atoms. The molecule has 104 valence electrons. The summed E-state index contributed by atoms with van der Waals surface area (Å²) in [4.78, 5) is 16.6. The molecular weight excluding hydrogens is 312 g/mol. The smallest absolute Gasteiger partial charge is 0.275 e. The molecule has 0 N–H and O–H groups in total. The third-order valence-electron chi connectivity index (χ3n) is 3.60. The van der Waals surface area contributed by atoms with Gasteiger partial charge in [-0.15, -0.1) is 0 Å². The second-order valence-electron chi connectivity index (χ2n) is 4.99. The van der Waals surface area contributed by atoms with Crippen molar-refractivity contribution in [2.24, 2.45) is 0 Å². The number of hydrogen-bond donors (Lipinski definition) is 0. The van der Waals surface area contributed by atoms with Crippen LogP contribution in [0.15, 0.2) is 4.47 Å². The molecule has 0 atom stereocenters. The van der Waals surface area contributed by atoms with E-state index in [1.807, 2.05) is 4.90 Å². The van der Waals surface area contributed by atoms with Crippen LogP contribution >= 0.6 is 15.9 Å². The Bertz CT molecular complexity index is 494. The Morgan fingerprint density at radius 3 is 2.68 bits per heavy atom. The SMILES string of the molecule is CN1CCN(C(=O)c2nn3c(c2Br)OCCC3)CC1. The van der Waals surface area contributed by atoms with E-state index in [4.69, 9.17) is 4.74 Å². The number of carbonyl (C=O) groups excluding carboxylic acids is 1. The highest BCUT2D eigenvalue weighted by atomic mass is 79.9. The zero-order valence-corrected chi connectivity index (χ0v) is 12.5. The number of amides is 1. The molecule has 1 fully saturated rings. The van der Waals surface area contributed by atoms with Crippen molar-refractivity contribution in [3.8, 4) is 5.88 Å². The molecule has 7 heteroatoms. The van der Waals surface area contributed by atoms with Crippen LogP contribution in [-0.2, 0) is 6.54 Å². The first-order valence-corrected chi connectivity index (χ1v) is 7.33. The fourth-order valence-electron chi connectivity index (χ4n) is 2.39. The van der Waals surface area contributed by atoms with E-state index in [0.29, 0.717) is 22.7 Å². The van der Waals surface area contributed by atoms with Gasteiger partial charge >= 0.3 is 0 Å². The van der Waals surface area contributed by atoms with E-state index in [0.717, 1.165) is 39.1 Å². The van der Waals surface area contributed by atoms with E-state index >= 15 is 0 Å². The third kappa shape index (κ3) is 2.36. The van der Waals surface area contributed by atoms with Gasteiger partial charge in [0.2, 0.25) is 5.88 Å². The molecule has 6 nitrogen and oxygen atoms in total. The molecule has 1 aromatic rings. The quantitative estimate of drug-likeness (QED) is 0.765. The number of carbonyl (C=O) groups is 1. The Kier molecular flexibility index (Phi) is 3.49. The Morgan fingerprint density at radius 2 is 2.00 bits per heavy atom. The van der Waals surface area contributed by atoms with E-state index in [-0.39, 0.29) is 5.91 Å². The summed E-state index contributed by atoms with van der Waals surface area (Å²) in [6, 6.07) is 0. The summed E-state index contributed by atoms with van der Waals surface area (Å²) in [6.07, 6.45) is 0.934. The highest BCUT2D eigenvalue weighted by Crippen LogP contribution is 2.32. The topological polar surface area (TPSA) is 50.6 Å². The van der Waals surface area contributed by atoms with Crippen molar-refractivity contribution in [3.05, 3.63) is 10.2 Å². The Morgan fingerprint density at radius 1 is 1.26 bits per heavy atom. The van der Waals surface area contributed by atoms with Crippen LogP contribution in [0, 0.1) is 0 Å². The monoisotopic (exact) mass is 328 g/mol. The van der Waals surface area contributed by atoms with Crippen LogP contribution in [0.5, 0.6) is 5.88 Å². The summed E-state index contributed by atoms with van der Waals surface area (Å²) < 4.78 is 8.03. The van der Waals surface area contributed by atoms with E-state index in [1.54, 1.807) is 4.68 Å². The van der Waals surface area contributed by atoms with E-state index < -0.39 is 0 Å². The van der Waals surface area contributed by atoms with Gasteiger partial charge in [-0.2, -0.15) is 5.10 Å². The zero-order chi connectivity index (χ0) is 13.4. The average molecular weight is 329 g/mol. The van der Waals surface area contributed by atoms with Crippen LogP contribution in [0.3, 0.4) is 0 Å². The van der Waals surface area contributed by atoms with Crippen molar-refractivity contribution in [2.45, 2.75) is 13.0 Å². The van der Waals surface area contributed by atoms with Crippen molar-refractivity contribution < 1.29 is 9.53 Å². The van der Waals surface area contributed by atoms with Gasteiger partial charge in [0.1, 0.15) is 4.47 Å². The van der Waals surface area contributed by atoms with Crippen LogP contribution in [0.1, 0.15) is 16.9 Å². The van der Waals surface area contributed by atoms with Gasteiger partial charge in [0.05, 0.1) is 6.61 Å². The van der Waals surface area contributed by atoms with Gasteiger partial charge in [0.25, 0.3) is 5.91 Å². The molecule has 0 aliphatic carbocycles. The van der Waals surface area contributed by atoms with Gasteiger partial charge < -0.3 is 14.5 Å². The predicted molar refractivity (Wildman–Crippen MR) is 73.4 cm³/mol. The summed E-state index contributed by atoms with van der Waals surface area (Å²) >= 11 is 3.45. The predicted octanol–water partition coefficient (Wildman–Crippen LogP) is 0.816. The summed E-state index contributed by atoms with van der Waals surface area (Å²) in [5.41, 5.74) is 0.474. The second-order valence-corrected chi connectivity index (χ2v) is 5.78. The van der Waals surface area contributed by atoms with Gasteiger partial charge in [0, 0.05) is 39.1 Å². The molecule has 2 aliphatic heterocycles. The van der Waals surface area contributed by atoms with Crippen LogP contribution in [-0.4, -0.2) is 65.3 Å². The van der Waals surface area contributed by atoms with E-state index in [2.05, 4.69) is 33.0 Å².